The van der Waals surface area contributed by atoms with Crippen LogP contribution in [0.25, 0.3) is 44.3 Å². The number of halogens is 1. The summed E-state index contributed by atoms with van der Waals surface area (Å²) in [5, 5.41) is 3.30. The lowest BCUT2D eigenvalue weighted by Gasteiger charge is -2.11. The number of para-hydroxylation sites is 1. The Bertz CT molecular complexity index is 1870. The fourth-order valence-electron chi connectivity index (χ4n) is 4.57. The lowest BCUT2D eigenvalue weighted by Crippen LogP contribution is -2.07. The number of benzene rings is 4. The zero-order valence-corrected chi connectivity index (χ0v) is 21.4. The van der Waals surface area contributed by atoms with Crippen LogP contribution < -0.4 is 4.74 Å². The SMILES string of the molecule is C=I1=C(c2ccc(-c3nc(-c4ccccc4)c4ccc5ccccc5c4n3)cn2)Oc2ccccc21. The Kier molecular flexibility index (Phi) is 5.03. The average molecular weight is 577 g/mol. The summed E-state index contributed by atoms with van der Waals surface area (Å²) in [6.07, 6.45) is 1.85. The molecule has 1 aliphatic heterocycles. The van der Waals surface area contributed by atoms with Crippen molar-refractivity contribution in [3.63, 3.8) is 0 Å². The Morgan fingerprint density at radius 1 is 0.667 bits per heavy atom. The van der Waals surface area contributed by atoms with Crippen LogP contribution in [0, 0.1) is 3.57 Å². The monoisotopic (exact) mass is 577 g/mol. The van der Waals surface area contributed by atoms with Gasteiger partial charge in [-0.05, 0) is 35.7 Å². The van der Waals surface area contributed by atoms with Gasteiger partial charge in [-0.25, -0.2) is 9.97 Å². The molecule has 0 fully saturated rings. The van der Waals surface area contributed by atoms with Gasteiger partial charge in [0.25, 0.3) is 0 Å². The number of fused-ring (bicyclic) bond motifs is 4. The van der Waals surface area contributed by atoms with E-state index in [4.69, 9.17) is 19.7 Å². The third kappa shape index (κ3) is 3.46. The molecule has 4 aromatic carbocycles. The molecule has 0 spiro atoms. The summed E-state index contributed by atoms with van der Waals surface area (Å²) in [7, 11) is 0. The maximum absolute atomic E-state index is 6.16. The van der Waals surface area contributed by atoms with Crippen molar-refractivity contribution >= 4 is 48.8 Å². The van der Waals surface area contributed by atoms with Crippen molar-refractivity contribution in [3.05, 3.63) is 119 Å². The second-order valence-corrected chi connectivity index (χ2v) is 12.8. The Labute approximate surface area is 214 Å². The summed E-state index contributed by atoms with van der Waals surface area (Å²) in [4.78, 5) is 14.8. The Morgan fingerprint density at radius 2 is 1.47 bits per heavy atom. The molecule has 4 nitrogen and oxygen atoms in total. The molecule has 36 heavy (non-hydrogen) atoms. The van der Waals surface area contributed by atoms with Crippen LogP contribution in [0.3, 0.4) is 0 Å². The van der Waals surface area contributed by atoms with E-state index in [9.17, 15) is 0 Å². The molecule has 1 aliphatic rings. The first-order valence-electron chi connectivity index (χ1n) is 11.6. The molecule has 0 radical (unpaired) electrons. The van der Waals surface area contributed by atoms with Gasteiger partial charge in [-0.2, -0.15) is 0 Å². The van der Waals surface area contributed by atoms with Crippen molar-refractivity contribution in [1.29, 1.82) is 0 Å². The van der Waals surface area contributed by atoms with Gasteiger partial charge in [-0.15, -0.1) is 0 Å². The van der Waals surface area contributed by atoms with E-state index < -0.39 is 18.9 Å². The molecule has 0 N–H and O–H groups in total. The molecule has 0 amide bonds. The predicted octanol–water partition coefficient (Wildman–Crippen LogP) is 7.19. The maximum Gasteiger partial charge on any atom is 0.179 e. The molecular formula is C31H20IN3O. The van der Waals surface area contributed by atoms with Gasteiger partial charge >= 0.3 is 0 Å². The van der Waals surface area contributed by atoms with Gasteiger partial charge in [0.1, 0.15) is 11.4 Å². The molecular weight excluding hydrogens is 557 g/mol. The summed E-state index contributed by atoms with van der Waals surface area (Å²) in [5.41, 5.74) is 4.62. The minimum Gasteiger partial charge on any atom is -0.448 e. The second-order valence-electron chi connectivity index (χ2n) is 8.54. The van der Waals surface area contributed by atoms with Crippen molar-refractivity contribution in [2.24, 2.45) is 0 Å². The van der Waals surface area contributed by atoms with Gasteiger partial charge in [0.2, 0.25) is 0 Å². The topological polar surface area (TPSA) is 47.9 Å². The summed E-state index contributed by atoms with van der Waals surface area (Å²) in [6, 6.07) is 35.1. The summed E-state index contributed by atoms with van der Waals surface area (Å²) in [5.74, 6) is 1.57. The molecule has 0 saturated carbocycles. The fraction of sp³-hybridized carbons (Fsp3) is 0. The van der Waals surface area contributed by atoms with E-state index in [0.717, 1.165) is 53.6 Å². The molecule has 2 aromatic heterocycles. The molecule has 5 heteroatoms. The largest absolute Gasteiger partial charge is 0.448 e. The normalized spacial score (nSPS) is 13.2. The van der Waals surface area contributed by atoms with E-state index in [-0.39, 0.29) is 0 Å². The summed E-state index contributed by atoms with van der Waals surface area (Å²) < 4.78 is 12.8. The fourth-order valence-corrected chi connectivity index (χ4v) is 8.16. The van der Waals surface area contributed by atoms with Crippen LogP contribution in [-0.4, -0.2) is 23.2 Å². The van der Waals surface area contributed by atoms with Crippen LogP contribution in [0.1, 0.15) is 5.69 Å². The van der Waals surface area contributed by atoms with Gasteiger partial charge in [0.15, 0.2) is 9.52 Å². The predicted molar refractivity (Wildman–Crippen MR) is 157 cm³/mol. The van der Waals surface area contributed by atoms with Crippen LogP contribution in [-0.2, 0) is 0 Å². The smallest absolute Gasteiger partial charge is 0.179 e. The van der Waals surface area contributed by atoms with Crippen molar-refractivity contribution in [1.82, 2.24) is 15.0 Å². The van der Waals surface area contributed by atoms with Crippen LogP contribution >= 0.6 is 18.9 Å². The minimum atomic E-state index is -1.84. The zero-order chi connectivity index (χ0) is 24.1. The third-order valence-electron chi connectivity index (χ3n) is 6.35. The number of nitrogens with zero attached hydrogens (tertiary/aromatic N) is 3. The quantitative estimate of drug-likeness (QED) is 0.165. The number of hydrogen-bond donors (Lipinski definition) is 0. The number of aromatic nitrogens is 3. The van der Waals surface area contributed by atoms with Gasteiger partial charge < -0.3 is 4.74 Å². The minimum absolute atomic E-state index is 0.655. The summed E-state index contributed by atoms with van der Waals surface area (Å²) >= 11 is -1.84. The van der Waals surface area contributed by atoms with Crippen LogP contribution in [0.15, 0.2) is 109 Å². The summed E-state index contributed by atoms with van der Waals surface area (Å²) in [6.45, 7) is 0. The van der Waals surface area contributed by atoms with E-state index in [1.54, 1.807) is 0 Å². The molecule has 172 valence electrons. The highest BCUT2D eigenvalue weighted by Gasteiger charge is 2.20. The highest BCUT2D eigenvalue weighted by Crippen LogP contribution is 2.38. The number of pyridine rings is 1. The molecule has 0 unspecified atom stereocenters. The highest BCUT2D eigenvalue weighted by atomic mass is 127. The molecule has 3 heterocycles. The Hall–Kier alpha value is -4.10. The Morgan fingerprint density at radius 3 is 2.31 bits per heavy atom. The van der Waals surface area contributed by atoms with Crippen molar-refractivity contribution in [3.8, 4) is 28.4 Å². The molecule has 0 bridgehead atoms. The van der Waals surface area contributed by atoms with Crippen LogP contribution in [0.2, 0.25) is 0 Å². The lowest BCUT2D eigenvalue weighted by atomic mass is 10.0. The van der Waals surface area contributed by atoms with E-state index in [1.807, 2.05) is 54.7 Å². The second kappa shape index (κ2) is 8.53. The molecule has 0 saturated heterocycles. The number of ether oxygens (including phenoxy) is 1. The van der Waals surface area contributed by atoms with E-state index in [0.29, 0.717) is 5.82 Å². The van der Waals surface area contributed by atoms with Crippen molar-refractivity contribution in [2.75, 3.05) is 0 Å². The van der Waals surface area contributed by atoms with E-state index in [1.165, 1.54) is 3.57 Å². The lowest BCUT2D eigenvalue weighted by molar-refractivity contribution is 0.565. The van der Waals surface area contributed by atoms with Gasteiger partial charge in [0, 0.05) is 31.7 Å². The molecule has 7 rings (SSSR count). The van der Waals surface area contributed by atoms with Gasteiger partial charge in [-0.1, -0.05) is 96.2 Å². The molecule has 6 aromatic rings. The first-order valence-corrected chi connectivity index (χ1v) is 15.3. The van der Waals surface area contributed by atoms with Crippen molar-refractivity contribution < 1.29 is 4.74 Å². The van der Waals surface area contributed by atoms with E-state index >= 15 is 0 Å². The third-order valence-corrected chi connectivity index (χ3v) is 10.6. The number of rotatable bonds is 3. The van der Waals surface area contributed by atoms with Crippen LogP contribution in [0.5, 0.6) is 5.75 Å². The van der Waals surface area contributed by atoms with Gasteiger partial charge in [0.05, 0.1) is 11.2 Å². The average Bonchev–Trinajstić information content (AvgIpc) is 3.29. The molecule has 0 atom stereocenters. The van der Waals surface area contributed by atoms with Crippen molar-refractivity contribution in [2.45, 2.75) is 0 Å². The van der Waals surface area contributed by atoms with Crippen LogP contribution in [0.4, 0.5) is 0 Å². The standard InChI is InChI=1S/C31H20IN3O/c1-32-25-13-7-8-14-27(25)36-30(32)26-18-16-22(19-33-26)31-34-28(21-10-3-2-4-11-21)24-17-15-20-9-5-6-12-23(20)29(24)35-31/h2-19H,1H2. The van der Waals surface area contributed by atoms with Gasteiger partial charge in [-0.3, -0.25) is 4.98 Å². The first kappa shape index (κ1) is 21.2. The van der Waals surface area contributed by atoms with E-state index in [2.05, 4.69) is 59.1 Å². The first-order chi connectivity index (χ1) is 17.8. The molecule has 0 aliphatic carbocycles. The Balaban J connectivity index is 1.38. The highest BCUT2D eigenvalue weighted by molar-refractivity contribution is 14.2. The zero-order valence-electron chi connectivity index (χ0n) is 19.2. The number of hydrogen-bond acceptors (Lipinski definition) is 4. The maximum atomic E-state index is 6.16.